The molecule has 0 bridgehead atoms. The van der Waals surface area contributed by atoms with Gasteiger partial charge in [-0.3, -0.25) is 9.59 Å². The SMILES string of the molecule is COC(=O)CCC(=O)N(Cc1ccccc1)Cc1ccccc1. The molecule has 0 spiro atoms. The van der Waals surface area contributed by atoms with Crippen LogP contribution in [0.2, 0.25) is 0 Å². The fourth-order valence-electron chi connectivity index (χ4n) is 2.31. The van der Waals surface area contributed by atoms with Crippen LogP contribution in [0.15, 0.2) is 60.7 Å². The molecule has 0 aromatic heterocycles. The highest BCUT2D eigenvalue weighted by Crippen LogP contribution is 2.12. The molecule has 0 heterocycles. The van der Waals surface area contributed by atoms with E-state index >= 15 is 0 Å². The van der Waals surface area contributed by atoms with Gasteiger partial charge in [-0.1, -0.05) is 60.7 Å². The van der Waals surface area contributed by atoms with E-state index in [1.165, 1.54) is 7.11 Å². The second-order valence-electron chi connectivity index (χ2n) is 5.30. The van der Waals surface area contributed by atoms with Crippen LogP contribution in [0.5, 0.6) is 0 Å². The number of benzene rings is 2. The van der Waals surface area contributed by atoms with Gasteiger partial charge >= 0.3 is 5.97 Å². The molecule has 0 unspecified atom stereocenters. The van der Waals surface area contributed by atoms with Crippen LogP contribution < -0.4 is 0 Å². The number of methoxy groups -OCH3 is 1. The first-order valence-electron chi connectivity index (χ1n) is 7.61. The van der Waals surface area contributed by atoms with E-state index in [0.29, 0.717) is 13.1 Å². The summed E-state index contributed by atoms with van der Waals surface area (Å²) in [6.07, 6.45) is 0.266. The number of ether oxygens (including phenoxy) is 1. The minimum absolute atomic E-state index is 0.0527. The number of amides is 1. The Labute approximate surface area is 136 Å². The predicted molar refractivity (Wildman–Crippen MR) is 88.4 cm³/mol. The van der Waals surface area contributed by atoms with Crippen molar-refractivity contribution >= 4 is 11.9 Å². The summed E-state index contributed by atoms with van der Waals surface area (Å²) < 4.78 is 4.61. The van der Waals surface area contributed by atoms with Crippen molar-refractivity contribution in [3.8, 4) is 0 Å². The zero-order chi connectivity index (χ0) is 16.5. The number of carbonyl (C=O) groups excluding carboxylic acids is 2. The van der Waals surface area contributed by atoms with E-state index in [4.69, 9.17) is 0 Å². The van der Waals surface area contributed by atoms with Gasteiger partial charge in [0.15, 0.2) is 0 Å². The lowest BCUT2D eigenvalue weighted by atomic mass is 10.1. The number of rotatable bonds is 7. The monoisotopic (exact) mass is 311 g/mol. The maximum absolute atomic E-state index is 12.5. The molecular weight excluding hydrogens is 290 g/mol. The molecule has 4 nitrogen and oxygen atoms in total. The summed E-state index contributed by atoms with van der Waals surface area (Å²) in [6.45, 7) is 1.05. The Bertz CT molecular complexity index is 584. The molecular formula is C19H21NO3. The van der Waals surface area contributed by atoms with E-state index in [1.807, 2.05) is 60.7 Å². The van der Waals surface area contributed by atoms with Crippen LogP contribution in [0.4, 0.5) is 0 Å². The fourth-order valence-corrected chi connectivity index (χ4v) is 2.31. The van der Waals surface area contributed by atoms with Gasteiger partial charge in [0.2, 0.25) is 5.91 Å². The summed E-state index contributed by atoms with van der Waals surface area (Å²) in [6, 6.07) is 19.7. The zero-order valence-corrected chi connectivity index (χ0v) is 13.3. The number of hydrogen-bond donors (Lipinski definition) is 0. The topological polar surface area (TPSA) is 46.6 Å². The molecule has 120 valence electrons. The summed E-state index contributed by atoms with van der Waals surface area (Å²) in [5.41, 5.74) is 2.13. The highest BCUT2D eigenvalue weighted by molar-refractivity contribution is 5.81. The molecule has 2 aromatic rings. The third kappa shape index (κ3) is 5.58. The van der Waals surface area contributed by atoms with Crippen molar-refractivity contribution in [1.29, 1.82) is 0 Å². The van der Waals surface area contributed by atoms with E-state index in [2.05, 4.69) is 4.74 Å². The van der Waals surface area contributed by atoms with Crippen molar-refractivity contribution in [1.82, 2.24) is 4.90 Å². The maximum atomic E-state index is 12.5. The number of nitrogens with zero attached hydrogens (tertiary/aromatic N) is 1. The Morgan fingerprint density at radius 3 is 1.74 bits per heavy atom. The standard InChI is InChI=1S/C19H21NO3/c1-23-19(22)13-12-18(21)20(14-16-8-4-2-5-9-16)15-17-10-6-3-7-11-17/h2-11H,12-15H2,1H3. The lowest BCUT2D eigenvalue weighted by Gasteiger charge is -2.23. The van der Waals surface area contributed by atoms with Gasteiger partial charge in [0.05, 0.1) is 13.5 Å². The zero-order valence-electron chi connectivity index (χ0n) is 13.3. The van der Waals surface area contributed by atoms with E-state index in [0.717, 1.165) is 11.1 Å². The first-order valence-corrected chi connectivity index (χ1v) is 7.61. The Hall–Kier alpha value is -2.62. The Morgan fingerprint density at radius 2 is 1.30 bits per heavy atom. The van der Waals surface area contributed by atoms with Crippen LogP contribution in [0.25, 0.3) is 0 Å². The van der Waals surface area contributed by atoms with Crippen molar-refractivity contribution in [3.63, 3.8) is 0 Å². The molecule has 0 aliphatic carbocycles. The van der Waals surface area contributed by atoms with Crippen LogP contribution in [0.1, 0.15) is 24.0 Å². The molecule has 0 atom stereocenters. The van der Waals surface area contributed by atoms with Crippen LogP contribution in [0, 0.1) is 0 Å². The summed E-state index contributed by atoms with van der Waals surface area (Å²) in [5.74, 6) is -0.416. The maximum Gasteiger partial charge on any atom is 0.306 e. The second-order valence-corrected chi connectivity index (χ2v) is 5.30. The third-order valence-electron chi connectivity index (χ3n) is 3.56. The highest BCUT2D eigenvalue weighted by atomic mass is 16.5. The molecule has 4 heteroatoms. The van der Waals surface area contributed by atoms with Crippen LogP contribution >= 0.6 is 0 Å². The average molecular weight is 311 g/mol. The molecule has 2 rings (SSSR count). The van der Waals surface area contributed by atoms with Crippen LogP contribution in [-0.2, 0) is 27.4 Å². The van der Waals surface area contributed by atoms with Gasteiger partial charge in [0, 0.05) is 19.5 Å². The molecule has 0 N–H and O–H groups in total. The molecule has 0 aliphatic heterocycles. The minimum Gasteiger partial charge on any atom is -0.469 e. The average Bonchev–Trinajstić information content (AvgIpc) is 2.60. The van der Waals surface area contributed by atoms with Crippen molar-refractivity contribution in [2.24, 2.45) is 0 Å². The molecule has 0 aliphatic rings. The Kier molecular flexibility index (Phi) is 6.36. The van der Waals surface area contributed by atoms with Gasteiger partial charge in [0.1, 0.15) is 0 Å². The number of hydrogen-bond acceptors (Lipinski definition) is 3. The summed E-state index contributed by atoms with van der Waals surface area (Å²) in [4.78, 5) is 25.5. The smallest absolute Gasteiger partial charge is 0.306 e. The van der Waals surface area contributed by atoms with E-state index in [1.54, 1.807) is 4.90 Å². The summed E-state index contributed by atoms with van der Waals surface area (Å²) in [7, 11) is 1.33. The van der Waals surface area contributed by atoms with Gasteiger partial charge in [-0.15, -0.1) is 0 Å². The Morgan fingerprint density at radius 1 is 0.826 bits per heavy atom. The quantitative estimate of drug-likeness (QED) is 0.738. The molecule has 0 fully saturated rings. The van der Waals surface area contributed by atoms with Crippen molar-refractivity contribution < 1.29 is 14.3 Å². The molecule has 0 saturated heterocycles. The minimum atomic E-state index is -0.363. The largest absolute Gasteiger partial charge is 0.469 e. The van der Waals surface area contributed by atoms with Crippen LogP contribution in [-0.4, -0.2) is 23.9 Å². The highest BCUT2D eigenvalue weighted by Gasteiger charge is 2.16. The van der Waals surface area contributed by atoms with Crippen molar-refractivity contribution in [3.05, 3.63) is 71.8 Å². The van der Waals surface area contributed by atoms with Gasteiger partial charge in [-0.2, -0.15) is 0 Å². The second kappa shape index (κ2) is 8.73. The van der Waals surface area contributed by atoms with E-state index < -0.39 is 0 Å². The van der Waals surface area contributed by atoms with Crippen LogP contribution in [0.3, 0.4) is 0 Å². The summed E-state index contributed by atoms with van der Waals surface area (Å²) in [5, 5.41) is 0. The lowest BCUT2D eigenvalue weighted by molar-refractivity contribution is -0.143. The predicted octanol–water partition coefficient (Wildman–Crippen LogP) is 3.17. The van der Waals surface area contributed by atoms with Gasteiger partial charge in [-0.25, -0.2) is 0 Å². The number of carbonyl (C=O) groups is 2. The van der Waals surface area contributed by atoms with Crippen molar-refractivity contribution in [2.45, 2.75) is 25.9 Å². The molecule has 2 aromatic carbocycles. The van der Waals surface area contributed by atoms with Gasteiger partial charge in [0.25, 0.3) is 0 Å². The van der Waals surface area contributed by atoms with E-state index in [9.17, 15) is 9.59 Å². The first-order chi connectivity index (χ1) is 11.2. The summed E-state index contributed by atoms with van der Waals surface area (Å²) >= 11 is 0. The van der Waals surface area contributed by atoms with Gasteiger partial charge < -0.3 is 9.64 Å². The lowest BCUT2D eigenvalue weighted by Crippen LogP contribution is -2.30. The molecule has 23 heavy (non-hydrogen) atoms. The fraction of sp³-hybridized carbons (Fsp3) is 0.263. The molecule has 0 radical (unpaired) electrons. The normalized spacial score (nSPS) is 10.1. The van der Waals surface area contributed by atoms with Crippen molar-refractivity contribution in [2.75, 3.05) is 7.11 Å². The first kappa shape index (κ1) is 16.7. The van der Waals surface area contributed by atoms with Gasteiger partial charge in [-0.05, 0) is 11.1 Å². The molecule has 1 amide bonds. The third-order valence-corrected chi connectivity index (χ3v) is 3.56. The van der Waals surface area contributed by atoms with E-state index in [-0.39, 0.29) is 24.7 Å². The Balaban J connectivity index is 2.07. The molecule has 0 saturated carbocycles. The number of esters is 1.